The third-order valence-corrected chi connectivity index (χ3v) is 4.97. The number of hydrogen-bond acceptors (Lipinski definition) is 6. The van der Waals surface area contributed by atoms with E-state index in [1.165, 1.54) is 19.2 Å². The van der Waals surface area contributed by atoms with Crippen molar-refractivity contribution in [1.82, 2.24) is 4.57 Å². The molecule has 0 aliphatic carbocycles. The second-order valence-corrected chi connectivity index (χ2v) is 6.93. The van der Waals surface area contributed by atoms with Gasteiger partial charge in [-0.2, -0.15) is 0 Å². The summed E-state index contributed by atoms with van der Waals surface area (Å²) in [5.41, 5.74) is 8.26. The van der Waals surface area contributed by atoms with Crippen LogP contribution in [0, 0.1) is 13.8 Å². The molecule has 0 bridgehead atoms. The number of anilines is 1. The summed E-state index contributed by atoms with van der Waals surface area (Å²) in [6.45, 7) is 3.85. The predicted octanol–water partition coefficient (Wildman–Crippen LogP) is 4.03. The van der Waals surface area contributed by atoms with E-state index in [2.05, 4.69) is 0 Å². The zero-order valence-electron chi connectivity index (χ0n) is 16.3. The molecule has 0 fully saturated rings. The molecule has 2 N–H and O–H groups in total. The number of ketones is 1. The molecule has 0 radical (unpaired) electrons. The van der Waals surface area contributed by atoms with Crippen LogP contribution in [0.4, 0.5) is 5.69 Å². The molecule has 0 aliphatic heterocycles. The Morgan fingerprint density at radius 2 is 1.97 bits per heavy atom. The number of ether oxygens (including phenoxy) is 2. The van der Waals surface area contributed by atoms with Crippen molar-refractivity contribution >= 4 is 29.0 Å². The fraction of sp³-hybridized carbons (Fsp3) is 0.238. The smallest absolute Gasteiger partial charge is 0.342 e. The Morgan fingerprint density at radius 3 is 2.62 bits per heavy atom. The molecule has 1 aromatic carbocycles. The summed E-state index contributed by atoms with van der Waals surface area (Å²) in [6, 6.07) is 8.25. The first-order valence-corrected chi connectivity index (χ1v) is 9.22. The summed E-state index contributed by atoms with van der Waals surface area (Å²) >= 11 is 5.98. The van der Waals surface area contributed by atoms with Crippen LogP contribution in [0.3, 0.4) is 0 Å². The fourth-order valence-corrected chi connectivity index (χ4v) is 3.23. The molecule has 2 heterocycles. The van der Waals surface area contributed by atoms with Crippen LogP contribution in [-0.4, -0.2) is 30.0 Å². The van der Waals surface area contributed by atoms with E-state index >= 15 is 0 Å². The Kier molecular flexibility index (Phi) is 5.98. The van der Waals surface area contributed by atoms with E-state index in [9.17, 15) is 9.59 Å². The van der Waals surface area contributed by atoms with Crippen molar-refractivity contribution in [3.8, 4) is 5.75 Å². The fourth-order valence-electron chi connectivity index (χ4n) is 3.07. The van der Waals surface area contributed by atoms with Gasteiger partial charge in [-0.3, -0.25) is 4.79 Å². The van der Waals surface area contributed by atoms with Crippen molar-refractivity contribution in [2.75, 3.05) is 19.5 Å². The maximum Gasteiger partial charge on any atom is 0.342 e. The molecule has 7 nitrogen and oxygen atoms in total. The number of rotatable bonds is 7. The average Bonchev–Trinajstić information content (AvgIpc) is 3.31. The lowest BCUT2D eigenvalue weighted by molar-refractivity contribution is 0.0471. The molecule has 152 valence electrons. The first kappa shape index (κ1) is 20.5. The molecule has 0 amide bonds. The number of furan rings is 1. The predicted molar refractivity (Wildman–Crippen MR) is 109 cm³/mol. The number of aromatic nitrogens is 1. The highest BCUT2D eigenvalue weighted by molar-refractivity contribution is 6.33. The Balaban J connectivity index is 1.73. The second-order valence-electron chi connectivity index (χ2n) is 6.52. The lowest BCUT2D eigenvalue weighted by Crippen LogP contribution is -2.16. The van der Waals surface area contributed by atoms with Crippen LogP contribution in [-0.2, 0) is 11.3 Å². The summed E-state index contributed by atoms with van der Waals surface area (Å²) in [5.74, 6) is -0.0235. The van der Waals surface area contributed by atoms with Gasteiger partial charge in [-0.15, -0.1) is 0 Å². The van der Waals surface area contributed by atoms with Gasteiger partial charge in [-0.1, -0.05) is 11.6 Å². The first-order valence-electron chi connectivity index (χ1n) is 8.84. The molecule has 29 heavy (non-hydrogen) atoms. The van der Waals surface area contributed by atoms with Crippen molar-refractivity contribution < 1.29 is 23.5 Å². The second kappa shape index (κ2) is 8.45. The largest absolute Gasteiger partial charge is 0.496 e. The van der Waals surface area contributed by atoms with Crippen LogP contribution in [0.15, 0.2) is 41.0 Å². The number of nitrogens with two attached hydrogens (primary N) is 1. The zero-order valence-corrected chi connectivity index (χ0v) is 17.1. The minimum atomic E-state index is -0.721. The Morgan fingerprint density at radius 1 is 1.21 bits per heavy atom. The normalized spacial score (nSPS) is 10.8. The number of benzene rings is 1. The van der Waals surface area contributed by atoms with Crippen LogP contribution in [0.5, 0.6) is 5.75 Å². The molecule has 8 heteroatoms. The van der Waals surface area contributed by atoms with Crippen LogP contribution in [0.2, 0.25) is 5.02 Å². The molecular formula is C21H21ClN2O5. The number of nitrogens with zero attached hydrogens (tertiary/aromatic N) is 1. The number of carbonyl (C=O) groups excluding carboxylic acids is 2. The maximum absolute atomic E-state index is 12.7. The van der Waals surface area contributed by atoms with Gasteiger partial charge in [0.2, 0.25) is 5.78 Å². The monoisotopic (exact) mass is 416 g/mol. The molecule has 3 aromatic rings. The highest BCUT2D eigenvalue weighted by atomic mass is 35.5. The van der Waals surface area contributed by atoms with Crippen LogP contribution < -0.4 is 10.5 Å². The number of esters is 1. The summed E-state index contributed by atoms with van der Waals surface area (Å²) in [5, 5.41) is 0.200. The van der Waals surface area contributed by atoms with Crippen molar-refractivity contribution in [3.05, 3.63) is 69.9 Å². The number of hydrogen-bond donors (Lipinski definition) is 1. The van der Waals surface area contributed by atoms with E-state index in [0.717, 1.165) is 17.1 Å². The molecule has 0 aliphatic rings. The number of aryl methyl sites for hydroxylation is 1. The summed E-state index contributed by atoms with van der Waals surface area (Å²) in [7, 11) is 1.40. The third-order valence-electron chi connectivity index (χ3n) is 4.64. The SMILES string of the molecule is COc1cc(N)c(Cl)cc1C(=O)OCC(=O)c1cc(C)n(Cc2ccco2)c1C. The Hall–Kier alpha value is -3.19. The molecule has 0 unspecified atom stereocenters. The average molecular weight is 417 g/mol. The van der Waals surface area contributed by atoms with Gasteiger partial charge in [0, 0.05) is 23.0 Å². The van der Waals surface area contributed by atoms with E-state index < -0.39 is 12.6 Å². The van der Waals surface area contributed by atoms with Gasteiger partial charge in [-0.05, 0) is 38.1 Å². The van der Waals surface area contributed by atoms with Crippen LogP contribution in [0.1, 0.15) is 37.9 Å². The lowest BCUT2D eigenvalue weighted by atomic mass is 10.1. The van der Waals surface area contributed by atoms with Gasteiger partial charge in [0.25, 0.3) is 0 Å². The molecule has 0 spiro atoms. The number of carbonyl (C=O) groups is 2. The first-order chi connectivity index (χ1) is 13.8. The molecule has 0 saturated carbocycles. The molecule has 2 aromatic heterocycles. The quantitative estimate of drug-likeness (QED) is 0.355. The minimum absolute atomic E-state index is 0.0998. The van der Waals surface area contributed by atoms with Gasteiger partial charge in [-0.25, -0.2) is 4.79 Å². The summed E-state index contributed by atoms with van der Waals surface area (Å²) in [4.78, 5) is 25.1. The van der Waals surface area contributed by atoms with Gasteiger partial charge in [0.1, 0.15) is 17.1 Å². The van der Waals surface area contributed by atoms with Crippen molar-refractivity contribution in [2.45, 2.75) is 20.4 Å². The zero-order chi connectivity index (χ0) is 21.1. The number of halogens is 1. The highest BCUT2D eigenvalue weighted by Crippen LogP contribution is 2.29. The van der Waals surface area contributed by atoms with Crippen LogP contribution in [0.25, 0.3) is 0 Å². The van der Waals surface area contributed by atoms with Gasteiger partial charge in [0.05, 0.1) is 30.6 Å². The molecular weight excluding hydrogens is 396 g/mol. The van der Waals surface area contributed by atoms with E-state index in [1.54, 1.807) is 12.3 Å². The topological polar surface area (TPSA) is 96.7 Å². The van der Waals surface area contributed by atoms with Crippen molar-refractivity contribution in [3.63, 3.8) is 0 Å². The highest BCUT2D eigenvalue weighted by Gasteiger charge is 2.21. The van der Waals surface area contributed by atoms with Gasteiger partial charge in [0.15, 0.2) is 6.61 Å². The Labute approximate surface area is 173 Å². The molecule has 0 saturated heterocycles. The van der Waals surface area contributed by atoms with Crippen molar-refractivity contribution in [2.24, 2.45) is 0 Å². The molecule has 0 atom stereocenters. The molecule has 3 rings (SSSR count). The minimum Gasteiger partial charge on any atom is -0.496 e. The van der Waals surface area contributed by atoms with Crippen LogP contribution >= 0.6 is 11.6 Å². The number of Topliss-reactive ketones (excluding diaryl/α,β-unsaturated/α-hetero) is 1. The third kappa shape index (κ3) is 4.30. The van der Waals surface area contributed by atoms with Gasteiger partial charge < -0.3 is 24.2 Å². The van der Waals surface area contributed by atoms with Crippen molar-refractivity contribution in [1.29, 1.82) is 0 Å². The Bertz CT molecular complexity index is 1050. The van der Waals surface area contributed by atoms with E-state index in [-0.39, 0.29) is 27.8 Å². The van der Waals surface area contributed by atoms with E-state index in [1.807, 2.05) is 30.5 Å². The summed E-state index contributed by atoms with van der Waals surface area (Å²) in [6.07, 6.45) is 1.60. The summed E-state index contributed by atoms with van der Waals surface area (Å²) < 4.78 is 17.7. The van der Waals surface area contributed by atoms with E-state index in [4.69, 9.17) is 31.2 Å². The number of nitrogen functional groups attached to an aromatic ring is 1. The maximum atomic E-state index is 12.7. The standard InChI is InChI=1S/C21H21ClN2O5/c1-12-7-15(13(2)24(12)10-14-5-4-6-28-14)19(25)11-29-21(26)16-8-17(22)18(23)9-20(16)27-3/h4-9H,10-11,23H2,1-3H3. The van der Waals surface area contributed by atoms with Gasteiger partial charge >= 0.3 is 5.97 Å². The lowest BCUT2D eigenvalue weighted by Gasteiger charge is -2.11. The number of methoxy groups -OCH3 is 1. The van der Waals surface area contributed by atoms with E-state index in [0.29, 0.717) is 12.1 Å².